The van der Waals surface area contributed by atoms with E-state index in [1.165, 1.54) is 12.1 Å². The Labute approximate surface area is 115 Å². The second kappa shape index (κ2) is 5.63. The van der Waals surface area contributed by atoms with E-state index >= 15 is 0 Å². The first-order valence-corrected chi connectivity index (χ1v) is 6.20. The van der Waals surface area contributed by atoms with E-state index in [1.807, 2.05) is 19.1 Å². The molecule has 20 heavy (non-hydrogen) atoms. The SMILES string of the molecule is Cc1ccc(C(N)Cc2ccc(C(F)(F)F)cc2)cn1. The van der Waals surface area contributed by atoms with Gasteiger partial charge in [0, 0.05) is 17.9 Å². The molecule has 0 amide bonds. The second-order valence-corrected chi connectivity index (χ2v) is 4.74. The van der Waals surface area contributed by atoms with Gasteiger partial charge in [0.25, 0.3) is 0 Å². The molecule has 2 aromatic rings. The van der Waals surface area contributed by atoms with Crippen molar-refractivity contribution in [3.8, 4) is 0 Å². The molecular weight excluding hydrogens is 265 g/mol. The summed E-state index contributed by atoms with van der Waals surface area (Å²) < 4.78 is 37.4. The minimum atomic E-state index is -4.30. The molecule has 2 N–H and O–H groups in total. The molecule has 1 atom stereocenters. The van der Waals surface area contributed by atoms with E-state index in [-0.39, 0.29) is 6.04 Å². The topological polar surface area (TPSA) is 38.9 Å². The van der Waals surface area contributed by atoms with Crippen LogP contribution in [0.5, 0.6) is 0 Å². The van der Waals surface area contributed by atoms with Gasteiger partial charge in [0.1, 0.15) is 0 Å². The molecule has 0 fully saturated rings. The number of hydrogen-bond donors (Lipinski definition) is 1. The van der Waals surface area contributed by atoms with Crippen LogP contribution in [-0.4, -0.2) is 4.98 Å². The van der Waals surface area contributed by atoms with Gasteiger partial charge in [-0.2, -0.15) is 13.2 Å². The summed E-state index contributed by atoms with van der Waals surface area (Å²) in [7, 11) is 0. The van der Waals surface area contributed by atoms with Gasteiger partial charge >= 0.3 is 6.18 Å². The van der Waals surface area contributed by atoms with Crippen LogP contribution in [0.1, 0.15) is 28.4 Å². The summed E-state index contributed by atoms with van der Waals surface area (Å²) >= 11 is 0. The molecule has 0 aliphatic carbocycles. The van der Waals surface area contributed by atoms with Crippen molar-refractivity contribution < 1.29 is 13.2 Å². The quantitative estimate of drug-likeness (QED) is 0.932. The highest BCUT2D eigenvalue weighted by Crippen LogP contribution is 2.29. The first-order chi connectivity index (χ1) is 9.36. The molecule has 0 saturated carbocycles. The van der Waals surface area contributed by atoms with Crippen LogP contribution in [0.3, 0.4) is 0 Å². The summed E-state index contributed by atoms with van der Waals surface area (Å²) in [6.07, 6.45) is -2.13. The van der Waals surface area contributed by atoms with E-state index in [4.69, 9.17) is 5.73 Å². The molecule has 5 heteroatoms. The third kappa shape index (κ3) is 3.57. The Morgan fingerprint density at radius 1 is 1.10 bits per heavy atom. The van der Waals surface area contributed by atoms with Gasteiger partial charge in [-0.3, -0.25) is 4.98 Å². The molecule has 106 valence electrons. The van der Waals surface area contributed by atoms with Crippen LogP contribution in [0.4, 0.5) is 13.2 Å². The van der Waals surface area contributed by atoms with E-state index in [2.05, 4.69) is 4.98 Å². The van der Waals surface area contributed by atoms with Crippen LogP contribution in [0.2, 0.25) is 0 Å². The van der Waals surface area contributed by atoms with Gasteiger partial charge in [-0.1, -0.05) is 18.2 Å². The summed E-state index contributed by atoms with van der Waals surface area (Å²) in [4.78, 5) is 4.16. The molecule has 1 unspecified atom stereocenters. The zero-order valence-corrected chi connectivity index (χ0v) is 11.0. The Morgan fingerprint density at radius 3 is 2.25 bits per heavy atom. The maximum absolute atomic E-state index is 12.5. The maximum atomic E-state index is 12.5. The number of nitrogens with two attached hydrogens (primary N) is 1. The number of halogens is 3. The number of pyridine rings is 1. The monoisotopic (exact) mass is 280 g/mol. The van der Waals surface area contributed by atoms with Crippen molar-refractivity contribution in [3.05, 3.63) is 65.0 Å². The van der Waals surface area contributed by atoms with Crippen LogP contribution < -0.4 is 5.73 Å². The molecule has 2 nitrogen and oxygen atoms in total. The third-order valence-corrected chi connectivity index (χ3v) is 3.10. The second-order valence-electron chi connectivity index (χ2n) is 4.74. The number of aryl methyl sites for hydroxylation is 1. The lowest BCUT2D eigenvalue weighted by Gasteiger charge is -2.13. The van der Waals surface area contributed by atoms with Gasteiger partial charge in [-0.05, 0) is 42.7 Å². The highest BCUT2D eigenvalue weighted by atomic mass is 19.4. The van der Waals surface area contributed by atoms with Crippen molar-refractivity contribution >= 4 is 0 Å². The smallest absolute Gasteiger partial charge is 0.324 e. The minimum Gasteiger partial charge on any atom is -0.324 e. The van der Waals surface area contributed by atoms with Crippen molar-refractivity contribution in [1.82, 2.24) is 4.98 Å². The molecule has 1 aromatic carbocycles. The van der Waals surface area contributed by atoms with E-state index < -0.39 is 11.7 Å². The fourth-order valence-electron chi connectivity index (χ4n) is 1.90. The molecule has 0 aliphatic heterocycles. The van der Waals surface area contributed by atoms with E-state index in [0.717, 1.165) is 29.0 Å². The Kier molecular flexibility index (Phi) is 4.09. The Bertz CT molecular complexity index is 559. The van der Waals surface area contributed by atoms with Crippen molar-refractivity contribution in [2.45, 2.75) is 25.6 Å². The average molecular weight is 280 g/mol. The predicted octanol–water partition coefficient (Wildman–Crippen LogP) is 3.65. The van der Waals surface area contributed by atoms with Crippen molar-refractivity contribution in [2.75, 3.05) is 0 Å². The molecule has 0 spiro atoms. The molecule has 0 radical (unpaired) electrons. The Balaban J connectivity index is 2.08. The summed E-state index contributed by atoms with van der Waals surface area (Å²) in [5.74, 6) is 0. The zero-order chi connectivity index (χ0) is 14.8. The molecule has 1 heterocycles. The van der Waals surface area contributed by atoms with Crippen molar-refractivity contribution in [3.63, 3.8) is 0 Å². The first kappa shape index (κ1) is 14.5. The lowest BCUT2D eigenvalue weighted by molar-refractivity contribution is -0.137. The number of nitrogens with zero attached hydrogens (tertiary/aromatic N) is 1. The van der Waals surface area contributed by atoms with E-state index in [9.17, 15) is 13.2 Å². The zero-order valence-electron chi connectivity index (χ0n) is 11.0. The number of benzene rings is 1. The highest BCUT2D eigenvalue weighted by Gasteiger charge is 2.29. The third-order valence-electron chi connectivity index (χ3n) is 3.10. The maximum Gasteiger partial charge on any atom is 0.416 e. The van der Waals surface area contributed by atoms with Crippen molar-refractivity contribution in [2.24, 2.45) is 5.73 Å². The van der Waals surface area contributed by atoms with Gasteiger partial charge in [0.15, 0.2) is 0 Å². The summed E-state index contributed by atoms with van der Waals surface area (Å²) in [5, 5.41) is 0. The van der Waals surface area contributed by atoms with Crippen LogP contribution in [0, 0.1) is 6.92 Å². The molecule has 1 aromatic heterocycles. The predicted molar refractivity (Wildman–Crippen MR) is 71.1 cm³/mol. The normalized spacial score (nSPS) is 13.2. The summed E-state index contributed by atoms with van der Waals surface area (Å²) in [6.45, 7) is 1.88. The lowest BCUT2D eigenvalue weighted by atomic mass is 10.00. The molecule has 0 saturated heterocycles. The minimum absolute atomic E-state index is 0.278. The Hall–Kier alpha value is -1.88. The lowest BCUT2D eigenvalue weighted by Crippen LogP contribution is -2.14. The standard InChI is InChI=1S/C15H15F3N2/c1-10-2-5-12(9-20-10)14(19)8-11-3-6-13(7-4-11)15(16,17)18/h2-7,9,14H,8,19H2,1H3. The largest absolute Gasteiger partial charge is 0.416 e. The summed E-state index contributed by atoms with van der Waals surface area (Å²) in [6, 6.07) is 8.55. The number of alkyl halides is 3. The molecule has 2 rings (SSSR count). The van der Waals surface area contributed by atoms with Gasteiger partial charge in [0.05, 0.1) is 5.56 Å². The van der Waals surface area contributed by atoms with Gasteiger partial charge < -0.3 is 5.73 Å². The van der Waals surface area contributed by atoms with Crippen LogP contribution in [0.15, 0.2) is 42.6 Å². The average Bonchev–Trinajstić information content (AvgIpc) is 2.39. The first-order valence-electron chi connectivity index (χ1n) is 6.20. The van der Waals surface area contributed by atoms with Gasteiger partial charge in [-0.25, -0.2) is 0 Å². The fourth-order valence-corrected chi connectivity index (χ4v) is 1.90. The van der Waals surface area contributed by atoms with E-state index in [1.54, 1.807) is 6.20 Å². The van der Waals surface area contributed by atoms with Crippen LogP contribution >= 0.6 is 0 Å². The van der Waals surface area contributed by atoms with Gasteiger partial charge in [0.2, 0.25) is 0 Å². The Morgan fingerprint density at radius 2 is 1.75 bits per heavy atom. The molecule has 0 bridgehead atoms. The highest BCUT2D eigenvalue weighted by molar-refractivity contribution is 5.27. The number of hydrogen-bond acceptors (Lipinski definition) is 2. The molecular formula is C15H15F3N2. The number of aromatic nitrogens is 1. The van der Waals surface area contributed by atoms with Gasteiger partial charge in [-0.15, -0.1) is 0 Å². The van der Waals surface area contributed by atoms with Crippen molar-refractivity contribution in [1.29, 1.82) is 0 Å². The number of rotatable bonds is 3. The molecule has 0 aliphatic rings. The fraction of sp³-hybridized carbons (Fsp3) is 0.267. The van der Waals surface area contributed by atoms with Crippen LogP contribution in [0.25, 0.3) is 0 Å². The summed E-state index contributed by atoms with van der Waals surface area (Å²) in [5.41, 5.74) is 7.93. The van der Waals surface area contributed by atoms with Crippen LogP contribution in [-0.2, 0) is 12.6 Å². The van der Waals surface area contributed by atoms with E-state index in [0.29, 0.717) is 6.42 Å².